The van der Waals surface area contributed by atoms with Crippen molar-refractivity contribution in [3.63, 3.8) is 0 Å². The second-order valence-electron chi connectivity index (χ2n) is 5.92. The molecular formula is C14H23N3O4. The van der Waals surface area contributed by atoms with Crippen LogP contribution in [-0.2, 0) is 9.59 Å². The number of carbonyl (C=O) groups is 3. The fourth-order valence-corrected chi connectivity index (χ4v) is 2.67. The van der Waals surface area contributed by atoms with Gasteiger partial charge in [-0.25, -0.2) is 4.79 Å². The SMILES string of the molecule is CN(CC(=O)NC1CC1)C(=O)N1CCCCC1CC(=O)O. The smallest absolute Gasteiger partial charge is 0.320 e. The number of carboxylic acids is 1. The van der Waals surface area contributed by atoms with Gasteiger partial charge in [0.15, 0.2) is 0 Å². The van der Waals surface area contributed by atoms with Crippen LogP contribution in [0.15, 0.2) is 0 Å². The molecule has 0 aromatic heterocycles. The molecule has 1 aliphatic carbocycles. The molecule has 0 spiro atoms. The van der Waals surface area contributed by atoms with Gasteiger partial charge in [-0.15, -0.1) is 0 Å². The molecule has 7 nitrogen and oxygen atoms in total. The van der Waals surface area contributed by atoms with E-state index in [1.54, 1.807) is 11.9 Å². The highest BCUT2D eigenvalue weighted by Gasteiger charge is 2.31. The van der Waals surface area contributed by atoms with Crippen LogP contribution in [0.5, 0.6) is 0 Å². The molecule has 1 heterocycles. The number of piperidine rings is 1. The van der Waals surface area contributed by atoms with E-state index in [-0.39, 0.29) is 37.0 Å². The number of likely N-dealkylation sites (tertiary alicyclic amines) is 1. The zero-order valence-corrected chi connectivity index (χ0v) is 12.4. The van der Waals surface area contributed by atoms with Gasteiger partial charge in [0.1, 0.15) is 6.54 Å². The van der Waals surface area contributed by atoms with Gasteiger partial charge in [0, 0.05) is 25.7 Å². The Morgan fingerprint density at radius 1 is 1.24 bits per heavy atom. The monoisotopic (exact) mass is 297 g/mol. The molecule has 1 unspecified atom stereocenters. The maximum atomic E-state index is 12.4. The second kappa shape index (κ2) is 6.78. The molecule has 2 fully saturated rings. The maximum Gasteiger partial charge on any atom is 0.320 e. The lowest BCUT2D eigenvalue weighted by molar-refractivity contribution is -0.138. The van der Waals surface area contributed by atoms with E-state index in [0.717, 1.165) is 25.7 Å². The number of likely N-dealkylation sites (N-methyl/N-ethyl adjacent to an activating group) is 1. The predicted octanol–water partition coefficient (Wildman–Crippen LogP) is 0.646. The summed E-state index contributed by atoms with van der Waals surface area (Å²) in [5, 5.41) is 11.8. The van der Waals surface area contributed by atoms with Gasteiger partial charge in [0.2, 0.25) is 5.91 Å². The third-order valence-electron chi connectivity index (χ3n) is 3.93. The first kappa shape index (κ1) is 15.6. The van der Waals surface area contributed by atoms with Gasteiger partial charge >= 0.3 is 12.0 Å². The average Bonchev–Trinajstić information content (AvgIpc) is 3.21. The van der Waals surface area contributed by atoms with Crippen LogP contribution in [0.25, 0.3) is 0 Å². The Hall–Kier alpha value is -1.79. The highest BCUT2D eigenvalue weighted by molar-refractivity contribution is 5.84. The summed E-state index contributed by atoms with van der Waals surface area (Å²) < 4.78 is 0. The van der Waals surface area contributed by atoms with Gasteiger partial charge in [-0.2, -0.15) is 0 Å². The van der Waals surface area contributed by atoms with Crippen molar-refractivity contribution in [2.75, 3.05) is 20.1 Å². The number of carbonyl (C=O) groups excluding carboxylic acids is 2. The van der Waals surface area contributed by atoms with E-state index in [1.807, 2.05) is 0 Å². The van der Waals surface area contributed by atoms with Gasteiger partial charge in [0.25, 0.3) is 0 Å². The van der Waals surface area contributed by atoms with E-state index in [2.05, 4.69) is 5.32 Å². The van der Waals surface area contributed by atoms with Crippen LogP contribution >= 0.6 is 0 Å². The average molecular weight is 297 g/mol. The van der Waals surface area contributed by atoms with E-state index in [9.17, 15) is 14.4 Å². The van der Waals surface area contributed by atoms with Crippen molar-refractivity contribution in [2.45, 2.75) is 50.6 Å². The van der Waals surface area contributed by atoms with E-state index < -0.39 is 5.97 Å². The van der Waals surface area contributed by atoms with Crippen molar-refractivity contribution in [3.8, 4) is 0 Å². The number of hydrogen-bond acceptors (Lipinski definition) is 3. The van der Waals surface area contributed by atoms with Gasteiger partial charge in [0.05, 0.1) is 6.42 Å². The molecule has 0 radical (unpaired) electrons. The quantitative estimate of drug-likeness (QED) is 0.779. The van der Waals surface area contributed by atoms with Crippen LogP contribution in [0.4, 0.5) is 4.79 Å². The number of carboxylic acid groups (broad SMARTS) is 1. The molecule has 21 heavy (non-hydrogen) atoms. The predicted molar refractivity (Wildman–Crippen MR) is 75.8 cm³/mol. The summed E-state index contributed by atoms with van der Waals surface area (Å²) in [4.78, 5) is 38.0. The molecule has 1 saturated carbocycles. The molecular weight excluding hydrogens is 274 g/mol. The van der Waals surface area contributed by atoms with Crippen LogP contribution < -0.4 is 5.32 Å². The Labute approximate surface area is 124 Å². The third-order valence-corrected chi connectivity index (χ3v) is 3.93. The number of nitrogens with zero attached hydrogens (tertiary/aromatic N) is 2. The van der Waals surface area contributed by atoms with E-state index in [4.69, 9.17) is 5.11 Å². The van der Waals surface area contributed by atoms with Crippen molar-refractivity contribution < 1.29 is 19.5 Å². The molecule has 2 aliphatic rings. The zero-order valence-electron chi connectivity index (χ0n) is 12.4. The molecule has 118 valence electrons. The first-order chi connectivity index (χ1) is 9.97. The summed E-state index contributed by atoms with van der Waals surface area (Å²) in [6.07, 6.45) is 4.51. The number of nitrogens with one attached hydrogen (secondary N) is 1. The van der Waals surface area contributed by atoms with Crippen LogP contribution in [0.1, 0.15) is 38.5 Å². The molecule has 7 heteroatoms. The number of rotatable bonds is 5. The van der Waals surface area contributed by atoms with Crippen LogP contribution in [0.2, 0.25) is 0 Å². The van der Waals surface area contributed by atoms with Crippen molar-refractivity contribution >= 4 is 17.9 Å². The zero-order chi connectivity index (χ0) is 15.4. The molecule has 2 N–H and O–H groups in total. The van der Waals surface area contributed by atoms with Gasteiger partial charge in [-0.1, -0.05) is 0 Å². The number of urea groups is 1. The number of hydrogen-bond donors (Lipinski definition) is 2. The van der Waals surface area contributed by atoms with Crippen molar-refractivity contribution in [3.05, 3.63) is 0 Å². The lowest BCUT2D eigenvalue weighted by atomic mass is 10.00. The first-order valence-corrected chi connectivity index (χ1v) is 7.50. The Bertz CT molecular complexity index is 422. The third kappa shape index (κ3) is 4.61. The van der Waals surface area contributed by atoms with Crippen molar-refractivity contribution in [1.82, 2.24) is 15.1 Å². The lowest BCUT2D eigenvalue weighted by Crippen LogP contribution is -2.51. The normalized spacial score (nSPS) is 21.8. The standard InChI is InChI=1S/C14H23N3O4/c1-16(9-12(18)15-10-5-6-10)14(21)17-7-3-2-4-11(17)8-13(19)20/h10-11H,2-9H2,1H3,(H,15,18)(H,19,20). The Morgan fingerprint density at radius 2 is 1.95 bits per heavy atom. The van der Waals surface area contributed by atoms with Gasteiger partial charge in [-0.05, 0) is 32.1 Å². The number of amides is 3. The molecule has 0 bridgehead atoms. The summed E-state index contributed by atoms with van der Waals surface area (Å²) in [5.41, 5.74) is 0. The molecule has 3 amide bonds. The first-order valence-electron chi connectivity index (χ1n) is 7.50. The minimum Gasteiger partial charge on any atom is -0.481 e. The highest BCUT2D eigenvalue weighted by Crippen LogP contribution is 2.21. The van der Waals surface area contributed by atoms with Crippen LogP contribution in [-0.4, -0.2) is 65.0 Å². The highest BCUT2D eigenvalue weighted by atomic mass is 16.4. The topological polar surface area (TPSA) is 90.0 Å². The second-order valence-corrected chi connectivity index (χ2v) is 5.92. The van der Waals surface area contributed by atoms with Gasteiger partial charge < -0.3 is 20.2 Å². The van der Waals surface area contributed by atoms with Gasteiger partial charge in [-0.3, -0.25) is 9.59 Å². The lowest BCUT2D eigenvalue weighted by Gasteiger charge is -2.37. The summed E-state index contributed by atoms with van der Waals surface area (Å²) in [6.45, 7) is 0.580. The Balaban J connectivity index is 1.88. The molecule has 0 aromatic carbocycles. The fourth-order valence-electron chi connectivity index (χ4n) is 2.67. The van der Waals surface area contributed by atoms with Crippen molar-refractivity contribution in [2.24, 2.45) is 0 Å². The number of aliphatic carboxylic acids is 1. The molecule has 1 atom stereocenters. The van der Waals surface area contributed by atoms with E-state index >= 15 is 0 Å². The molecule has 1 saturated heterocycles. The Morgan fingerprint density at radius 3 is 2.57 bits per heavy atom. The molecule has 2 rings (SSSR count). The fraction of sp³-hybridized carbons (Fsp3) is 0.786. The Kier molecular flexibility index (Phi) is 5.03. The van der Waals surface area contributed by atoms with Crippen LogP contribution in [0.3, 0.4) is 0 Å². The summed E-state index contributed by atoms with van der Waals surface area (Å²) >= 11 is 0. The summed E-state index contributed by atoms with van der Waals surface area (Å²) in [5.74, 6) is -1.05. The summed E-state index contributed by atoms with van der Waals surface area (Å²) in [6, 6.07) is -0.250. The van der Waals surface area contributed by atoms with E-state index in [0.29, 0.717) is 13.0 Å². The van der Waals surface area contributed by atoms with Crippen LogP contribution in [0, 0.1) is 0 Å². The summed E-state index contributed by atoms with van der Waals surface area (Å²) in [7, 11) is 1.58. The minimum atomic E-state index is -0.895. The maximum absolute atomic E-state index is 12.4. The molecule has 1 aliphatic heterocycles. The minimum absolute atomic E-state index is 0.0195. The van der Waals surface area contributed by atoms with E-state index in [1.165, 1.54) is 4.90 Å². The largest absolute Gasteiger partial charge is 0.481 e. The van der Waals surface area contributed by atoms with Crippen molar-refractivity contribution in [1.29, 1.82) is 0 Å². The molecule has 0 aromatic rings.